The van der Waals surface area contributed by atoms with Crippen LogP contribution in [-0.2, 0) is 11.4 Å². The number of nitrogens with zero attached hydrogens (tertiary/aromatic N) is 1. The first kappa shape index (κ1) is 20.4. The van der Waals surface area contributed by atoms with Gasteiger partial charge in [-0.1, -0.05) is 35.9 Å². The van der Waals surface area contributed by atoms with Crippen LogP contribution in [0, 0.1) is 0 Å². The number of hydrogen-bond acceptors (Lipinski definition) is 3. The molecule has 0 aromatic heterocycles. The third-order valence-electron chi connectivity index (χ3n) is 4.80. The average molecular weight is 415 g/mol. The van der Waals surface area contributed by atoms with Crippen LogP contribution in [0.15, 0.2) is 59.8 Å². The Morgan fingerprint density at radius 3 is 2.57 bits per heavy atom. The van der Waals surface area contributed by atoms with Crippen LogP contribution < -0.4 is 10.1 Å². The first-order chi connectivity index (χ1) is 13.4. The number of halogens is 1. The van der Waals surface area contributed by atoms with E-state index in [1.165, 1.54) is 0 Å². The minimum atomic E-state index is -0.255. The number of allylic oxidation sites excluding steroid dienone is 1. The molecule has 28 heavy (non-hydrogen) atoms. The van der Waals surface area contributed by atoms with Gasteiger partial charge in [0, 0.05) is 22.8 Å². The normalized spacial score (nSPS) is 16.8. The molecular formula is C22H23ClN2O2S. The molecule has 1 unspecified atom stereocenters. The highest BCUT2D eigenvalue weighted by Crippen LogP contribution is 2.31. The number of hydrogen-bond donors (Lipinski definition) is 1. The van der Waals surface area contributed by atoms with Crippen molar-refractivity contribution >= 4 is 34.7 Å². The van der Waals surface area contributed by atoms with Gasteiger partial charge in [-0.25, -0.2) is 0 Å². The maximum Gasteiger partial charge on any atom is 0.173 e. The summed E-state index contributed by atoms with van der Waals surface area (Å²) in [6.07, 6.45) is 0. The number of ketones is 1. The molecule has 0 bridgehead atoms. The number of benzene rings is 2. The van der Waals surface area contributed by atoms with Gasteiger partial charge in [-0.2, -0.15) is 0 Å². The van der Waals surface area contributed by atoms with Crippen molar-refractivity contribution in [2.45, 2.75) is 33.4 Å². The van der Waals surface area contributed by atoms with Crippen molar-refractivity contribution in [2.24, 2.45) is 0 Å². The lowest BCUT2D eigenvalue weighted by Crippen LogP contribution is -2.47. The lowest BCUT2D eigenvalue weighted by Gasteiger charge is -2.37. The number of rotatable bonds is 6. The van der Waals surface area contributed by atoms with E-state index in [2.05, 4.69) is 5.32 Å². The SMILES string of the molecule is CCN1C(=S)NC(c2ccc(OCc3cccc(Cl)c3)cc2)C(C(C)=O)=C1C. The predicted molar refractivity (Wildman–Crippen MR) is 116 cm³/mol. The van der Waals surface area contributed by atoms with Crippen LogP contribution in [-0.4, -0.2) is 22.3 Å². The van der Waals surface area contributed by atoms with E-state index < -0.39 is 0 Å². The van der Waals surface area contributed by atoms with Crippen LogP contribution >= 0.6 is 23.8 Å². The van der Waals surface area contributed by atoms with E-state index in [4.69, 9.17) is 28.6 Å². The Morgan fingerprint density at radius 2 is 1.96 bits per heavy atom. The van der Waals surface area contributed by atoms with Crippen molar-refractivity contribution < 1.29 is 9.53 Å². The van der Waals surface area contributed by atoms with Crippen LogP contribution in [0.25, 0.3) is 0 Å². The van der Waals surface area contributed by atoms with Crippen molar-refractivity contribution in [3.05, 3.63) is 76.0 Å². The molecule has 1 atom stereocenters. The third kappa shape index (κ3) is 4.37. The summed E-state index contributed by atoms with van der Waals surface area (Å²) < 4.78 is 5.85. The van der Waals surface area contributed by atoms with Crippen LogP contribution in [0.4, 0.5) is 0 Å². The summed E-state index contributed by atoms with van der Waals surface area (Å²) in [5.74, 6) is 0.791. The smallest absolute Gasteiger partial charge is 0.173 e. The van der Waals surface area contributed by atoms with Crippen molar-refractivity contribution in [3.63, 3.8) is 0 Å². The van der Waals surface area contributed by atoms with Gasteiger partial charge in [0.1, 0.15) is 12.4 Å². The molecule has 0 aliphatic carbocycles. The molecule has 0 saturated heterocycles. The lowest BCUT2D eigenvalue weighted by molar-refractivity contribution is -0.114. The van der Waals surface area contributed by atoms with Crippen LogP contribution in [0.5, 0.6) is 5.75 Å². The summed E-state index contributed by atoms with van der Waals surface area (Å²) in [4.78, 5) is 14.3. The zero-order valence-corrected chi connectivity index (χ0v) is 17.7. The minimum Gasteiger partial charge on any atom is -0.489 e. The minimum absolute atomic E-state index is 0.0391. The van der Waals surface area contributed by atoms with Gasteiger partial charge in [-0.3, -0.25) is 4.79 Å². The Bertz CT molecular complexity index is 924. The van der Waals surface area contributed by atoms with E-state index in [-0.39, 0.29) is 11.8 Å². The van der Waals surface area contributed by atoms with Gasteiger partial charge in [0.15, 0.2) is 10.9 Å². The van der Waals surface area contributed by atoms with Gasteiger partial charge in [0.2, 0.25) is 0 Å². The molecule has 0 spiro atoms. The number of thiocarbonyl (C=S) groups is 1. The maximum absolute atomic E-state index is 12.3. The Morgan fingerprint density at radius 1 is 1.25 bits per heavy atom. The van der Waals surface area contributed by atoms with Crippen LogP contribution in [0.1, 0.15) is 37.9 Å². The molecule has 146 valence electrons. The summed E-state index contributed by atoms with van der Waals surface area (Å²) in [7, 11) is 0. The van der Waals surface area contributed by atoms with Crippen molar-refractivity contribution in [3.8, 4) is 5.75 Å². The second kappa shape index (κ2) is 8.76. The molecule has 1 heterocycles. The Hall–Kier alpha value is -2.37. The van der Waals surface area contributed by atoms with Gasteiger partial charge in [0.25, 0.3) is 0 Å². The zero-order valence-electron chi connectivity index (χ0n) is 16.2. The van der Waals surface area contributed by atoms with E-state index in [1.54, 1.807) is 6.92 Å². The number of nitrogens with one attached hydrogen (secondary N) is 1. The number of carbonyl (C=O) groups is 1. The quantitative estimate of drug-likeness (QED) is 0.671. The van der Waals surface area contributed by atoms with Gasteiger partial charge in [-0.05, 0) is 68.4 Å². The second-order valence-corrected chi connectivity index (χ2v) is 7.49. The molecular weight excluding hydrogens is 392 g/mol. The van der Waals surface area contributed by atoms with E-state index >= 15 is 0 Å². The summed E-state index contributed by atoms with van der Waals surface area (Å²) >= 11 is 11.5. The van der Waals surface area contributed by atoms with E-state index in [1.807, 2.05) is 67.3 Å². The number of carbonyl (C=O) groups excluding carboxylic acids is 1. The highest BCUT2D eigenvalue weighted by molar-refractivity contribution is 7.80. The van der Waals surface area contributed by atoms with Crippen molar-refractivity contribution in [1.82, 2.24) is 10.2 Å². The summed E-state index contributed by atoms with van der Waals surface area (Å²) in [6, 6.07) is 15.1. The zero-order chi connectivity index (χ0) is 20.3. The lowest BCUT2D eigenvalue weighted by atomic mass is 9.92. The molecule has 6 heteroatoms. The third-order valence-corrected chi connectivity index (χ3v) is 5.37. The monoisotopic (exact) mass is 414 g/mol. The molecule has 3 rings (SSSR count). The summed E-state index contributed by atoms with van der Waals surface area (Å²) in [6.45, 7) is 6.72. The fourth-order valence-corrected chi connectivity index (χ4v) is 4.02. The standard InChI is InChI=1S/C22H23ClN2O2S/c1-4-25-14(2)20(15(3)26)21(24-22(25)28)17-8-10-19(11-9-17)27-13-16-6-5-7-18(23)12-16/h5-12,21H,4,13H2,1-3H3,(H,24,28). The molecule has 0 fully saturated rings. The number of ether oxygens (including phenoxy) is 1. The Balaban J connectivity index is 1.79. The van der Waals surface area contributed by atoms with Crippen LogP contribution in [0.3, 0.4) is 0 Å². The van der Waals surface area contributed by atoms with Gasteiger partial charge < -0.3 is 15.0 Å². The number of Topliss-reactive ketones (excluding diaryl/α,β-unsaturated/α-hetero) is 1. The molecule has 1 N–H and O–H groups in total. The molecule has 1 aliphatic heterocycles. The predicted octanol–water partition coefficient (Wildman–Crippen LogP) is 5.03. The second-order valence-electron chi connectivity index (χ2n) is 6.67. The molecule has 0 amide bonds. The molecule has 0 radical (unpaired) electrons. The Labute approximate surface area is 176 Å². The van der Waals surface area contributed by atoms with Gasteiger partial charge in [-0.15, -0.1) is 0 Å². The van der Waals surface area contributed by atoms with Gasteiger partial charge >= 0.3 is 0 Å². The average Bonchev–Trinajstić information content (AvgIpc) is 2.66. The van der Waals surface area contributed by atoms with Gasteiger partial charge in [0.05, 0.1) is 6.04 Å². The van der Waals surface area contributed by atoms with E-state index in [0.29, 0.717) is 16.7 Å². The highest BCUT2D eigenvalue weighted by atomic mass is 35.5. The largest absolute Gasteiger partial charge is 0.489 e. The fraction of sp³-hybridized carbons (Fsp3) is 0.273. The fourth-order valence-electron chi connectivity index (χ4n) is 3.42. The Kier molecular flexibility index (Phi) is 6.37. The highest BCUT2D eigenvalue weighted by Gasteiger charge is 2.31. The maximum atomic E-state index is 12.3. The van der Waals surface area contributed by atoms with Crippen molar-refractivity contribution in [1.29, 1.82) is 0 Å². The molecule has 4 nitrogen and oxygen atoms in total. The van der Waals surface area contributed by atoms with E-state index in [0.717, 1.165) is 34.7 Å². The topological polar surface area (TPSA) is 41.6 Å². The molecule has 2 aromatic rings. The molecule has 1 aliphatic rings. The molecule has 2 aromatic carbocycles. The van der Waals surface area contributed by atoms with Crippen molar-refractivity contribution in [2.75, 3.05) is 6.54 Å². The first-order valence-electron chi connectivity index (χ1n) is 9.17. The van der Waals surface area contributed by atoms with Crippen LogP contribution in [0.2, 0.25) is 5.02 Å². The first-order valence-corrected chi connectivity index (χ1v) is 9.96. The molecule has 0 saturated carbocycles. The summed E-state index contributed by atoms with van der Waals surface area (Å²) in [5, 5.41) is 4.63. The van der Waals surface area contributed by atoms with E-state index in [9.17, 15) is 4.79 Å². The summed E-state index contributed by atoms with van der Waals surface area (Å²) in [5.41, 5.74) is 3.62.